The van der Waals surface area contributed by atoms with E-state index in [-0.39, 0.29) is 5.91 Å². The number of carbonyl (C=O) groups is 1. The number of rotatable bonds is 6. The van der Waals surface area contributed by atoms with Gasteiger partial charge in [-0.25, -0.2) is 14.1 Å². The van der Waals surface area contributed by atoms with E-state index in [0.717, 1.165) is 18.4 Å². The van der Waals surface area contributed by atoms with Crippen molar-refractivity contribution in [2.45, 2.75) is 33.6 Å². The Kier molecular flexibility index (Phi) is 5.57. The van der Waals surface area contributed by atoms with E-state index in [0.29, 0.717) is 40.0 Å². The molecule has 4 aromatic rings. The highest BCUT2D eigenvalue weighted by atomic mass is 19.1. The lowest BCUT2D eigenvalue weighted by molar-refractivity contribution is 0.102. The largest absolute Gasteiger partial charge is 0.334 e. The summed E-state index contributed by atoms with van der Waals surface area (Å²) in [5.74, 6) is 0.818. The summed E-state index contributed by atoms with van der Waals surface area (Å²) in [6.07, 6.45) is 4.77. The highest BCUT2D eigenvalue weighted by molar-refractivity contribution is 6.05. The number of nitrogens with zero attached hydrogens (tertiary/aromatic N) is 5. The van der Waals surface area contributed by atoms with Crippen molar-refractivity contribution in [3.05, 3.63) is 71.2 Å². The Morgan fingerprint density at radius 2 is 2.03 bits per heavy atom. The molecule has 31 heavy (non-hydrogen) atoms. The maximum atomic E-state index is 13.5. The zero-order chi connectivity index (χ0) is 22.0. The summed E-state index contributed by atoms with van der Waals surface area (Å²) >= 11 is 0. The van der Waals surface area contributed by atoms with Gasteiger partial charge in [0.15, 0.2) is 11.6 Å². The molecule has 4 rings (SSSR count). The van der Waals surface area contributed by atoms with E-state index < -0.39 is 5.82 Å². The number of aryl methyl sites for hydroxylation is 2. The molecule has 9 heteroatoms. The van der Waals surface area contributed by atoms with Crippen LogP contribution in [0.4, 0.5) is 10.1 Å². The fourth-order valence-electron chi connectivity index (χ4n) is 3.12. The molecular weight excluding hydrogens is 399 g/mol. The van der Waals surface area contributed by atoms with Gasteiger partial charge in [-0.2, -0.15) is 10.1 Å². The zero-order valence-electron chi connectivity index (χ0n) is 17.4. The molecule has 0 aliphatic heterocycles. The van der Waals surface area contributed by atoms with Gasteiger partial charge in [0.2, 0.25) is 0 Å². The van der Waals surface area contributed by atoms with E-state index >= 15 is 0 Å². The molecule has 158 valence electrons. The van der Waals surface area contributed by atoms with Crippen molar-refractivity contribution in [3.63, 3.8) is 0 Å². The van der Waals surface area contributed by atoms with E-state index in [4.69, 9.17) is 4.52 Å². The average molecular weight is 420 g/mol. The van der Waals surface area contributed by atoms with Gasteiger partial charge in [-0.3, -0.25) is 4.79 Å². The predicted octanol–water partition coefficient (Wildman–Crippen LogP) is 4.28. The summed E-state index contributed by atoms with van der Waals surface area (Å²) in [5.41, 5.74) is 2.86. The van der Waals surface area contributed by atoms with Crippen molar-refractivity contribution in [3.8, 4) is 17.3 Å². The highest BCUT2D eigenvalue weighted by Crippen LogP contribution is 2.21. The quantitative estimate of drug-likeness (QED) is 0.500. The first-order chi connectivity index (χ1) is 15.0. The summed E-state index contributed by atoms with van der Waals surface area (Å²) in [6.45, 7) is 5.61. The summed E-state index contributed by atoms with van der Waals surface area (Å²) in [5, 5.41) is 11.0. The maximum absolute atomic E-state index is 13.5. The normalized spacial score (nSPS) is 11.0. The molecule has 0 aliphatic carbocycles. The van der Waals surface area contributed by atoms with Crippen LogP contribution in [0.3, 0.4) is 0 Å². The Morgan fingerprint density at radius 1 is 1.19 bits per heavy atom. The van der Waals surface area contributed by atoms with Crippen LogP contribution >= 0.6 is 0 Å². The lowest BCUT2D eigenvalue weighted by Crippen LogP contribution is -2.14. The van der Waals surface area contributed by atoms with Crippen LogP contribution in [0, 0.1) is 19.7 Å². The molecule has 8 nitrogen and oxygen atoms in total. The molecule has 3 heterocycles. The highest BCUT2D eigenvalue weighted by Gasteiger charge is 2.17. The van der Waals surface area contributed by atoms with E-state index in [1.807, 2.05) is 13.0 Å². The fraction of sp³-hybridized carbons (Fsp3) is 0.227. The lowest BCUT2D eigenvalue weighted by Gasteiger charge is -2.09. The van der Waals surface area contributed by atoms with E-state index in [9.17, 15) is 9.18 Å². The summed E-state index contributed by atoms with van der Waals surface area (Å²) in [6, 6.07) is 7.82. The van der Waals surface area contributed by atoms with E-state index in [1.54, 1.807) is 36.9 Å². The number of halogens is 1. The van der Waals surface area contributed by atoms with Gasteiger partial charge in [-0.1, -0.05) is 18.1 Å². The fourth-order valence-corrected chi connectivity index (χ4v) is 3.12. The zero-order valence-corrected chi connectivity index (χ0v) is 17.4. The molecule has 0 fully saturated rings. The third kappa shape index (κ3) is 4.20. The van der Waals surface area contributed by atoms with Gasteiger partial charge in [0.1, 0.15) is 5.82 Å². The third-order valence-corrected chi connectivity index (χ3v) is 4.86. The van der Waals surface area contributed by atoms with Crippen LogP contribution in [0.25, 0.3) is 17.3 Å². The van der Waals surface area contributed by atoms with Crippen molar-refractivity contribution in [2.24, 2.45) is 0 Å². The monoisotopic (exact) mass is 420 g/mol. The number of anilines is 1. The molecule has 0 atom stereocenters. The lowest BCUT2D eigenvalue weighted by atomic mass is 10.1. The van der Waals surface area contributed by atoms with Crippen LogP contribution in [0.2, 0.25) is 0 Å². The van der Waals surface area contributed by atoms with Gasteiger partial charge in [0, 0.05) is 18.3 Å². The molecule has 0 spiro atoms. The number of hydrogen-bond donors (Lipinski definition) is 1. The molecule has 1 N–H and O–H groups in total. The number of hydrogen-bond acceptors (Lipinski definition) is 6. The number of nitrogens with one attached hydrogen (secondary N) is 1. The number of pyridine rings is 1. The molecule has 0 aliphatic rings. The number of aromatic nitrogens is 5. The van der Waals surface area contributed by atoms with Gasteiger partial charge >= 0.3 is 0 Å². The van der Waals surface area contributed by atoms with Crippen molar-refractivity contribution in [2.75, 3.05) is 5.32 Å². The Labute approximate surface area is 178 Å². The standard InChI is InChI=1S/C22H21FN6O2/c1-4-5-19-27-22(31-28-19)15-7-9-20(24-11-15)29-14(3)17(12-25-29)21(30)26-18-10-16(23)8-6-13(18)2/h6-12H,4-5H2,1-3H3,(H,26,30). The Balaban J connectivity index is 1.54. The first-order valence-electron chi connectivity index (χ1n) is 9.87. The van der Waals surface area contributed by atoms with Crippen molar-refractivity contribution in [1.29, 1.82) is 0 Å². The summed E-state index contributed by atoms with van der Waals surface area (Å²) in [7, 11) is 0. The minimum atomic E-state index is -0.416. The average Bonchev–Trinajstić information content (AvgIpc) is 3.38. The first kappa shape index (κ1) is 20.4. The van der Waals surface area contributed by atoms with E-state index in [1.165, 1.54) is 18.3 Å². The predicted molar refractivity (Wildman–Crippen MR) is 112 cm³/mol. The summed E-state index contributed by atoms with van der Waals surface area (Å²) < 4.78 is 20.4. The van der Waals surface area contributed by atoms with Crippen LogP contribution in [-0.4, -0.2) is 30.8 Å². The van der Waals surface area contributed by atoms with Crippen LogP contribution in [0.1, 0.15) is 40.8 Å². The van der Waals surface area contributed by atoms with Crippen molar-refractivity contribution in [1.82, 2.24) is 24.9 Å². The molecule has 1 amide bonds. The van der Waals surface area contributed by atoms with Gasteiger partial charge in [0.25, 0.3) is 11.8 Å². The van der Waals surface area contributed by atoms with Gasteiger partial charge in [-0.05, 0) is 50.1 Å². The molecule has 3 aromatic heterocycles. The Morgan fingerprint density at radius 3 is 2.77 bits per heavy atom. The molecule has 0 radical (unpaired) electrons. The third-order valence-electron chi connectivity index (χ3n) is 4.86. The SMILES string of the molecule is CCCc1noc(-c2ccc(-n3ncc(C(=O)Nc4cc(F)ccc4C)c3C)nc2)n1. The number of amides is 1. The van der Waals surface area contributed by atoms with Gasteiger partial charge in [0.05, 0.1) is 23.0 Å². The number of carbonyl (C=O) groups excluding carboxylic acids is 1. The van der Waals surface area contributed by atoms with Crippen LogP contribution in [0.15, 0.2) is 47.2 Å². The second-order valence-corrected chi connectivity index (χ2v) is 7.14. The second-order valence-electron chi connectivity index (χ2n) is 7.14. The second kappa shape index (κ2) is 8.47. The first-order valence-corrected chi connectivity index (χ1v) is 9.87. The summed E-state index contributed by atoms with van der Waals surface area (Å²) in [4.78, 5) is 21.5. The maximum Gasteiger partial charge on any atom is 0.259 e. The van der Waals surface area contributed by atoms with Crippen molar-refractivity contribution < 1.29 is 13.7 Å². The topological polar surface area (TPSA) is 98.7 Å². The number of benzene rings is 1. The minimum Gasteiger partial charge on any atom is -0.334 e. The Bertz CT molecular complexity index is 1230. The molecule has 0 saturated carbocycles. The molecule has 0 bridgehead atoms. The van der Waals surface area contributed by atoms with Gasteiger partial charge < -0.3 is 9.84 Å². The molecule has 0 unspecified atom stereocenters. The molecule has 0 saturated heterocycles. The Hall–Kier alpha value is -3.88. The minimum absolute atomic E-state index is 0.371. The molecule has 1 aromatic carbocycles. The van der Waals surface area contributed by atoms with Crippen LogP contribution in [-0.2, 0) is 6.42 Å². The molecular formula is C22H21FN6O2. The van der Waals surface area contributed by atoms with Crippen molar-refractivity contribution >= 4 is 11.6 Å². The van der Waals surface area contributed by atoms with Crippen LogP contribution < -0.4 is 5.32 Å². The van der Waals surface area contributed by atoms with Crippen LogP contribution in [0.5, 0.6) is 0 Å². The smallest absolute Gasteiger partial charge is 0.259 e. The van der Waals surface area contributed by atoms with E-state index in [2.05, 4.69) is 25.5 Å². The van der Waals surface area contributed by atoms with Gasteiger partial charge in [-0.15, -0.1) is 0 Å².